The number of aryl methyl sites for hydroxylation is 1. The van der Waals surface area contributed by atoms with Crippen molar-refractivity contribution in [1.82, 2.24) is 0 Å². The normalized spacial score (nSPS) is 13.0. The van der Waals surface area contributed by atoms with Crippen LogP contribution in [0.25, 0.3) is 0 Å². The van der Waals surface area contributed by atoms with Gasteiger partial charge in [0, 0.05) is 12.8 Å². The zero-order valence-electron chi connectivity index (χ0n) is 16.6. The van der Waals surface area contributed by atoms with Crippen molar-refractivity contribution in [2.75, 3.05) is 12.4 Å². The maximum atomic E-state index is 12.8. The fraction of sp³-hybridized carbons (Fsp3) is 0.364. The Morgan fingerprint density at radius 1 is 1.07 bits per heavy atom. The standard InChI is InChI=1S/C22H27NO5/c1-14(2)21(28-18-8-6-5-7-15(18)3)22(26)23-17-11-9-16(10-12-17)19(27-4)13-20(24)25/h5-12,14,19,21H,13H2,1-4H3,(H,23,26)(H,24,25). The molecule has 2 rings (SSSR count). The lowest BCUT2D eigenvalue weighted by molar-refractivity contribution is -0.139. The average Bonchev–Trinajstić information content (AvgIpc) is 2.65. The molecule has 2 aromatic carbocycles. The maximum Gasteiger partial charge on any atom is 0.306 e. The van der Waals surface area contributed by atoms with Gasteiger partial charge in [0.15, 0.2) is 6.10 Å². The largest absolute Gasteiger partial charge is 0.481 e. The summed E-state index contributed by atoms with van der Waals surface area (Å²) in [6, 6.07) is 14.5. The third-order valence-corrected chi connectivity index (χ3v) is 4.41. The molecule has 2 atom stereocenters. The van der Waals surface area contributed by atoms with Crippen molar-refractivity contribution in [3.05, 3.63) is 59.7 Å². The lowest BCUT2D eigenvalue weighted by Crippen LogP contribution is -2.37. The van der Waals surface area contributed by atoms with Crippen LogP contribution >= 0.6 is 0 Å². The summed E-state index contributed by atoms with van der Waals surface area (Å²) in [7, 11) is 1.47. The number of carbonyl (C=O) groups excluding carboxylic acids is 1. The lowest BCUT2D eigenvalue weighted by Gasteiger charge is -2.23. The first-order valence-corrected chi connectivity index (χ1v) is 9.19. The van der Waals surface area contributed by atoms with Gasteiger partial charge in [-0.1, -0.05) is 44.2 Å². The quantitative estimate of drug-likeness (QED) is 0.676. The Balaban J connectivity index is 2.09. The number of carbonyl (C=O) groups is 2. The van der Waals surface area contributed by atoms with Gasteiger partial charge in [-0.2, -0.15) is 0 Å². The number of hydrogen-bond donors (Lipinski definition) is 2. The topological polar surface area (TPSA) is 84.9 Å². The highest BCUT2D eigenvalue weighted by Crippen LogP contribution is 2.24. The van der Waals surface area contributed by atoms with Gasteiger partial charge < -0.3 is 19.9 Å². The number of ether oxygens (including phenoxy) is 2. The van der Waals surface area contributed by atoms with E-state index in [0.717, 1.165) is 11.1 Å². The molecule has 2 aromatic rings. The summed E-state index contributed by atoms with van der Waals surface area (Å²) >= 11 is 0. The van der Waals surface area contributed by atoms with E-state index in [9.17, 15) is 9.59 Å². The number of carboxylic acid groups (broad SMARTS) is 1. The molecule has 2 unspecified atom stereocenters. The number of rotatable bonds is 9. The molecule has 0 aliphatic rings. The summed E-state index contributed by atoms with van der Waals surface area (Å²) in [6.45, 7) is 5.80. The first kappa shape index (κ1) is 21.4. The fourth-order valence-electron chi connectivity index (χ4n) is 2.81. The number of amides is 1. The van der Waals surface area contributed by atoms with Crippen LogP contribution in [0.5, 0.6) is 5.75 Å². The second kappa shape index (κ2) is 9.90. The molecule has 150 valence electrons. The number of hydrogen-bond acceptors (Lipinski definition) is 4. The molecule has 0 spiro atoms. The molecule has 6 heteroatoms. The molecular weight excluding hydrogens is 358 g/mol. The summed E-state index contributed by atoms with van der Waals surface area (Å²) in [5, 5.41) is 11.8. The summed E-state index contributed by atoms with van der Waals surface area (Å²) < 4.78 is 11.2. The SMILES string of the molecule is COC(CC(=O)O)c1ccc(NC(=O)C(Oc2ccccc2C)C(C)C)cc1. The Kier molecular flexibility index (Phi) is 7.58. The van der Waals surface area contributed by atoms with Crippen molar-refractivity contribution in [1.29, 1.82) is 0 Å². The summed E-state index contributed by atoms with van der Waals surface area (Å²) in [6.07, 6.45) is -1.29. The van der Waals surface area contributed by atoms with Gasteiger partial charge in [0.25, 0.3) is 5.91 Å². The van der Waals surface area contributed by atoms with Gasteiger partial charge in [-0.05, 0) is 42.2 Å². The molecule has 0 heterocycles. The smallest absolute Gasteiger partial charge is 0.306 e. The van der Waals surface area contributed by atoms with Crippen LogP contribution in [-0.2, 0) is 14.3 Å². The van der Waals surface area contributed by atoms with Crippen molar-refractivity contribution >= 4 is 17.6 Å². The Morgan fingerprint density at radius 2 is 1.71 bits per heavy atom. The summed E-state index contributed by atoms with van der Waals surface area (Å²) in [5.41, 5.74) is 2.31. The Morgan fingerprint density at radius 3 is 2.25 bits per heavy atom. The van der Waals surface area contributed by atoms with Crippen LogP contribution in [-0.4, -0.2) is 30.2 Å². The lowest BCUT2D eigenvalue weighted by atomic mass is 10.0. The average molecular weight is 385 g/mol. The van der Waals surface area contributed by atoms with E-state index in [1.807, 2.05) is 45.0 Å². The van der Waals surface area contributed by atoms with Gasteiger partial charge in [0.2, 0.25) is 0 Å². The van der Waals surface area contributed by atoms with Gasteiger partial charge in [0.05, 0.1) is 12.5 Å². The van der Waals surface area contributed by atoms with E-state index in [1.165, 1.54) is 7.11 Å². The summed E-state index contributed by atoms with van der Waals surface area (Å²) in [4.78, 5) is 23.7. The number of para-hydroxylation sites is 1. The number of methoxy groups -OCH3 is 1. The van der Waals surface area contributed by atoms with Crippen LogP contribution in [0.15, 0.2) is 48.5 Å². The van der Waals surface area contributed by atoms with Gasteiger partial charge >= 0.3 is 5.97 Å². The van der Waals surface area contributed by atoms with Gasteiger partial charge in [-0.3, -0.25) is 9.59 Å². The van der Waals surface area contributed by atoms with Crippen LogP contribution in [0.4, 0.5) is 5.69 Å². The van der Waals surface area contributed by atoms with Crippen LogP contribution in [0.1, 0.15) is 37.5 Å². The van der Waals surface area contributed by atoms with Crippen LogP contribution in [0.3, 0.4) is 0 Å². The Labute approximate surface area is 165 Å². The zero-order chi connectivity index (χ0) is 20.7. The van der Waals surface area contributed by atoms with Crippen LogP contribution < -0.4 is 10.1 Å². The van der Waals surface area contributed by atoms with E-state index in [-0.39, 0.29) is 18.2 Å². The van der Waals surface area contributed by atoms with Gasteiger partial charge in [0.1, 0.15) is 5.75 Å². The molecule has 2 N–H and O–H groups in total. The van der Waals surface area contributed by atoms with Crippen LogP contribution in [0, 0.1) is 12.8 Å². The van der Waals surface area contributed by atoms with E-state index in [0.29, 0.717) is 11.4 Å². The second-order valence-corrected chi connectivity index (χ2v) is 6.98. The minimum atomic E-state index is -0.933. The highest BCUT2D eigenvalue weighted by atomic mass is 16.5. The van der Waals surface area contributed by atoms with E-state index in [1.54, 1.807) is 24.3 Å². The maximum absolute atomic E-state index is 12.8. The number of carboxylic acids is 1. The Bertz CT molecular complexity index is 801. The number of nitrogens with one attached hydrogen (secondary N) is 1. The third kappa shape index (κ3) is 5.82. The van der Waals surface area contributed by atoms with Crippen molar-refractivity contribution in [3.8, 4) is 5.75 Å². The molecular formula is C22H27NO5. The van der Waals surface area contributed by atoms with Crippen molar-refractivity contribution < 1.29 is 24.2 Å². The molecule has 0 saturated heterocycles. The van der Waals surface area contributed by atoms with E-state index in [4.69, 9.17) is 14.6 Å². The van der Waals surface area contributed by atoms with Gasteiger partial charge in [-0.25, -0.2) is 0 Å². The van der Waals surface area contributed by atoms with Gasteiger partial charge in [-0.15, -0.1) is 0 Å². The number of benzene rings is 2. The van der Waals surface area contributed by atoms with Crippen molar-refractivity contribution in [2.45, 2.75) is 39.4 Å². The van der Waals surface area contributed by atoms with E-state index in [2.05, 4.69) is 5.32 Å². The second-order valence-electron chi connectivity index (χ2n) is 6.98. The fourth-order valence-corrected chi connectivity index (χ4v) is 2.81. The molecule has 0 aliphatic heterocycles. The molecule has 0 saturated carbocycles. The predicted molar refractivity (Wildman–Crippen MR) is 108 cm³/mol. The highest BCUT2D eigenvalue weighted by Gasteiger charge is 2.25. The molecule has 6 nitrogen and oxygen atoms in total. The number of aliphatic carboxylic acids is 1. The molecule has 28 heavy (non-hydrogen) atoms. The predicted octanol–water partition coefficient (Wildman–Crippen LogP) is 4.20. The minimum Gasteiger partial charge on any atom is -0.481 e. The van der Waals surface area contributed by atoms with E-state index >= 15 is 0 Å². The third-order valence-electron chi connectivity index (χ3n) is 4.41. The molecule has 1 amide bonds. The van der Waals surface area contributed by atoms with Crippen molar-refractivity contribution in [2.24, 2.45) is 5.92 Å². The van der Waals surface area contributed by atoms with Crippen molar-refractivity contribution in [3.63, 3.8) is 0 Å². The first-order chi connectivity index (χ1) is 13.3. The summed E-state index contributed by atoms with van der Waals surface area (Å²) in [5.74, 6) is -0.507. The van der Waals surface area contributed by atoms with E-state index < -0.39 is 18.2 Å². The Hall–Kier alpha value is -2.86. The molecule has 0 aliphatic carbocycles. The monoisotopic (exact) mass is 385 g/mol. The van der Waals surface area contributed by atoms with Crippen LogP contribution in [0.2, 0.25) is 0 Å². The zero-order valence-corrected chi connectivity index (χ0v) is 16.6. The highest BCUT2D eigenvalue weighted by molar-refractivity contribution is 5.94. The first-order valence-electron chi connectivity index (χ1n) is 9.19. The molecule has 0 aromatic heterocycles. The molecule has 0 fully saturated rings. The molecule has 0 bridgehead atoms. The number of anilines is 1. The minimum absolute atomic E-state index is 0.0210. The molecule has 0 radical (unpaired) electrons.